The maximum Gasteiger partial charge on any atom is 0.0594 e. The van der Waals surface area contributed by atoms with E-state index in [1.807, 2.05) is 27.7 Å². The van der Waals surface area contributed by atoms with Gasteiger partial charge in [-0.05, 0) is 13.3 Å². The van der Waals surface area contributed by atoms with E-state index in [0.717, 1.165) is 32.3 Å². The van der Waals surface area contributed by atoms with Crippen molar-refractivity contribution >= 4 is 0 Å². The molecule has 0 N–H and O–H groups in total. The van der Waals surface area contributed by atoms with Crippen molar-refractivity contribution in [1.82, 2.24) is 4.90 Å². The third-order valence-electron chi connectivity index (χ3n) is 2.26. The molecule has 2 heteroatoms. The van der Waals surface area contributed by atoms with Gasteiger partial charge in [0, 0.05) is 19.1 Å². The maximum absolute atomic E-state index is 5.25. The molecule has 1 rings (SSSR count). The summed E-state index contributed by atoms with van der Waals surface area (Å²) in [6, 6.07) is 0.740. The third kappa shape index (κ3) is 7.34. The van der Waals surface area contributed by atoms with Crippen LogP contribution in [0, 0.1) is 0 Å². The topological polar surface area (TPSA) is 12.5 Å². The van der Waals surface area contributed by atoms with E-state index >= 15 is 0 Å². The minimum absolute atomic E-state index is 0.740. The SMILES string of the molecule is CC.CC.CCC(C)N1CCOCC1. The second kappa shape index (κ2) is 12.9. The highest BCUT2D eigenvalue weighted by Gasteiger charge is 2.14. The Labute approximate surface area is 90.6 Å². The van der Waals surface area contributed by atoms with Crippen molar-refractivity contribution < 1.29 is 4.74 Å². The molecule has 1 atom stereocenters. The lowest BCUT2D eigenvalue weighted by Crippen LogP contribution is -2.41. The molecule has 0 aromatic heterocycles. The standard InChI is InChI=1S/C8H17NO.2C2H6/c1-3-8(2)9-4-6-10-7-5-9;2*1-2/h8H,3-7H2,1-2H3;2*1-2H3. The van der Waals surface area contributed by atoms with E-state index in [0.29, 0.717) is 0 Å². The Bertz CT molecular complexity index is 90.3. The van der Waals surface area contributed by atoms with Crippen LogP contribution in [0.1, 0.15) is 48.0 Å². The molecule has 88 valence electrons. The molecular formula is C12H29NO. The lowest BCUT2D eigenvalue weighted by atomic mass is 10.2. The third-order valence-corrected chi connectivity index (χ3v) is 2.26. The lowest BCUT2D eigenvalue weighted by molar-refractivity contribution is 0.0196. The first-order valence-electron chi connectivity index (χ1n) is 6.16. The predicted octanol–water partition coefficient (Wildman–Crippen LogP) is 3.17. The fourth-order valence-electron chi connectivity index (χ4n) is 1.28. The number of nitrogens with zero attached hydrogens (tertiary/aromatic N) is 1. The summed E-state index contributed by atoms with van der Waals surface area (Å²) in [5.74, 6) is 0. The van der Waals surface area contributed by atoms with Gasteiger partial charge in [-0.25, -0.2) is 0 Å². The number of rotatable bonds is 2. The summed E-state index contributed by atoms with van der Waals surface area (Å²) in [6.45, 7) is 16.6. The van der Waals surface area contributed by atoms with Crippen LogP contribution < -0.4 is 0 Å². The molecule has 0 saturated carbocycles. The van der Waals surface area contributed by atoms with E-state index in [1.54, 1.807) is 0 Å². The molecule has 1 unspecified atom stereocenters. The van der Waals surface area contributed by atoms with E-state index in [9.17, 15) is 0 Å². The molecule has 2 nitrogen and oxygen atoms in total. The van der Waals surface area contributed by atoms with Crippen molar-refractivity contribution in [3.05, 3.63) is 0 Å². The molecule has 0 bridgehead atoms. The minimum atomic E-state index is 0.740. The number of hydrogen-bond donors (Lipinski definition) is 0. The zero-order chi connectivity index (χ0) is 11.4. The van der Waals surface area contributed by atoms with Crippen molar-refractivity contribution in [1.29, 1.82) is 0 Å². The number of ether oxygens (including phenoxy) is 1. The molecule has 0 aromatic rings. The molecule has 0 radical (unpaired) electrons. The van der Waals surface area contributed by atoms with Crippen molar-refractivity contribution in [3.63, 3.8) is 0 Å². The average molecular weight is 203 g/mol. The lowest BCUT2D eigenvalue weighted by Gasteiger charge is -2.31. The predicted molar refractivity (Wildman–Crippen MR) is 64.8 cm³/mol. The molecule has 0 amide bonds. The highest BCUT2D eigenvalue weighted by atomic mass is 16.5. The summed E-state index contributed by atoms with van der Waals surface area (Å²) in [5.41, 5.74) is 0. The quantitative estimate of drug-likeness (QED) is 0.683. The molecule has 1 saturated heterocycles. The first kappa shape index (κ1) is 16.4. The zero-order valence-electron chi connectivity index (χ0n) is 11.0. The molecule has 14 heavy (non-hydrogen) atoms. The Morgan fingerprint density at radius 2 is 1.50 bits per heavy atom. The van der Waals surface area contributed by atoms with Gasteiger partial charge < -0.3 is 4.74 Å². The van der Waals surface area contributed by atoms with E-state index in [4.69, 9.17) is 4.74 Å². The smallest absolute Gasteiger partial charge is 0.0594 e. The van der Waals surface area contributed by atoms with E-state index in [1.165, 1.54) is 6.42 Å². The molecule has 1 fully saturated rings. The molecule has 1 heterocycles. The summed E-state index contributed by atoms with van der Waals surface area (Å²) in [6.07, 6.45) is 1.25. The molecule has 0 aliphatic carbocycles. The summed E-state index contributed by atoms with van der Waals surface area (Å²) in [4.78, 5) is 2.49. The van der Waals surface area contributed by atoms with Gasteiger partial charge in [0.25, 0.3) is 0 Å². The molecule has 1 aliphatic rings. The monoisotopic (exact) mass is 203 g/mol. The van der Waals surface area contributed by atoms with Crippen LogP contribution in [0.5, 0.6) is 0 Å². The van der Waals surface area contributed by atoms with Crippen molar-refractivity contribution in [3.8, 4) is 0 Å². The normalized spacial score (nSPS) is 18.4. The highest BCUT2D eigenvalue weighted by Crippen LogP contribution is 2.05. The Kier molecular flexibility index (Phi) is 15.1. The van der Waals surface area contributed by atoms with Crippen LogP contribution in [0.25, 0.3) is 0 Å². The molecule has 0 aromatic carbocycles. The first-order valence-corrected chi connectivity index (χ1v) is 6.16. The Balaban J connectivity index is 0. The average Bonchev–Trinajstić information content (AvgIpc) is 2.34. The fraction of sp³-hybridized carbons (Fsp3) is 1.00. The van der Waals surface area contributed by atoms with Crippen molar-refractivity contribution in [2.45, 2.75) is 54.0 Å². The Morgan fingerprint density at radius 1 is 1.07 bits per heavy atom. The van der Waals surface area contributed by atoms with Gasteiger partial charge in [0.2, 0.25) is 0 Å². The summed E-state index contributed by atoms with van der Waals surface area (Å²) in [7, 11) is 0. The van der Waals surface area contributed by atoms with E-state index < -0.39 is 0 Å². The largest absolute Gasteiger partial charge is 0.379 e. The van der Waals surface area contributed by atoms with Gasteiger partial charge in [0.15, 0.2) is 0 Å². The molecular weight excluding hydrogens is 174 g/mol. The van der Waals surface area contributed by atoms with Crippen LogP contribution in [0.15, 0.2) is 0 Å². The van der Waals surface area contributed by atoms with Crippen LogP contribution in [0.3, 0.4) is 0 Å². The summed E-state index contributed by atoms with van der Waals surface area (Å²) < 4.78 is 5.25. The highest BCUT2D eigenvalue weighted by molar-refractivity contribution is 4.67. The van der Waals surface area contributed by atoms with Gasteiger partial charge in [0.05, 0.1) is 13.2 Å². The summed E-state index contributed by atoms with van der Waals surface area (Å²) in [5, 5.41) is 0. The summed E-state index contributed by atoms with van der Waals surface area (Å²) >= 11 is 0. The zero-order valence-corrected chi connectivity index (χ0v) is 11.0. The second-order valence-electron chi connectivity index (χ2n) is 2.91. The first-order chi connectivity index (χ1) is 6.84. The van der Waals surface area contributed by atoms with Crippen LogP contribution >= 0.6 is 0 Å². The van der Waals surface area contributed by atoms with Crippen LogP contribution in [0.2, 0.25) is 0 Å². The van der Waals surface area contributed by atoms with Gasteiger partial charge in [-0.1, -0.05) is 34.6 Å². The molecule has 1 aliphatic heterocycles. The minimum Gasteiger partial charge on any atom is -0.379 e. The van der Waals surface area contributed by atoms with Gasteiger partial charge in [-0.15, -0.1) is 0 Å². The second-order valence-corrected chi connectivity index (χ2v) is 2.91. The van der Waals surface area contributed by atoms with Crippen molar-refractivity contribution in [2.24, 2.45) is 0 Å². The fourth-order valence-corrected chi connectivity index (χ4v) is 1.28. The Hall–Kier alpha value is -0.0800. The van der Waals surface area contributed by atoms with Gasteiger partial charge in [-0.3, -0.25) is 4.90 Å². The van der Waals surface area contributed by atoms with Crippen LogP contribution in [0.4, 0.5) is 0 Å². The van der Waals surface area contributed by atoms with Gasteiger partial charge in [-0.2, -0.15) is 0 Å². The van der Waals surface area contributed by atoms with Crippen molar-refractivity contribution in [2.75, 3.05) is 26.3 Å². The molecule has 0 spiro atoms. The maximum atomic E-state index is 5.25. The van der Waals surface area contributed by atoms with Crippen LogP contribution in [-0.4, -0.2) is 37.2 Å². The van der Waals surface area contributed by atoms with Crippen LogP contribution in [-0.2, 0) is 4.74 Å². The van der Waals surface area contributed by atoms with Gasteiger partial charge >= 0.3 is 0 Å². The van der Waals surface area contributed by atoms with Gasteiger partial charge in [0.1, 0.15) is 0 Å². The number of hydrogen-bond acceptors (Lipinski definition) is 2. The van der Waals surface area contributed by atoms with E-state index in [-0.39, 0.29) is 0 Å². The van der Waals surface area contributed by atoms with E-state index in [2.05, 4.69) is 18.7 Å². The Morgan fingerprint density at radius 3 is 1.86 bits per heavy atom. The number of morpholine rings is 1.